The van der Waals surface area contributed by atoms with E-state index in [4.69, 9.17) is 0 Å². The quantitative estimate of drug-likeness (QED) is 0.883. The summed E-state index contributed by atoms with van der Waals surface area (Å²) in [7, 11) is 0. The van der Waals surface area contributed by atoms with Crippen LogP contribution in [0.25, 0.3) is 0 Å². The molecule has 1 saturated heterocycles. The largest absolute Gasteiger partial charge is 0.363 e. The van der Waals surface area contributed by atoms with Crippen LogP contribution in [0, 0.1) is 11.7 Å². The highest BCUT2D eigenvalue weighted by molar-refractivity contribution is 5.98. The van der Waals surface area contributed by atoms with E-state index < -0.39 is 0 Å². The molecule has 2 amide bonds. The molecule has 0 aliphatic carbocycles. The van der Waals surface area contributed by atoms with Gasteiger partial charge in [-0.05, 0) is 37.1 Å². The third kappa shape index (κ3) is 3.56. The predicted octanol–water partition coefficient (Wildman–Crippen LogP) is 2.94. The van der Waals surface area contributed by atoms with E-state index in [1.807, 2.05) is 0 Å². The van der Waals surface area contributed by atoms with Crippen molar-refractivity contribution in [2.75, 3.05) is 18.4 Å². The highest BCUT2D eigenvalue weighted by Crippen LogP contribution is 2.22. The van der Waals surface area contributed by atoms with Gasteiger partial charge in [-0.2, -0.15) is 0 Å². The first-order valence-corrected chi connectivity index (χ1v) is 7.39. The van der Waals surface area contributed by atoms with E-state index in [9.17, 15) is 14.0 Å². The van der Waals surface area contributed by atoms with Crippen LogP contribution >= 0.6 is 0 Å². The Bertz CT molecular complexity index is 677. The van der Waals surface area contributed by atoms with Gasteiger partial charge in [-0.25, -0.2) is 9.18 Å². The number of rotatable bonds is 3. The van der Waals surface area contributed by atoms with Crippen LogP contribution in [0.1, 0.15) is 23.2 Å². The number of Topliss-reactive ketones (excluding diaryl/α,β-unsaturated/α-hetero) is 1. The number of benzene rings is 1. The molecule has 0 unspecified atom stereocenters. The molecule has 0 atom stereocenters. The summed E-state index contributed by atoms with van der Waals surface area (Å²) in [6.45, 7) is 0.975. The van der Waals surface area contributed by atoms with Gasteiger partial charge in [0.05, 0.1) is 0 Å². The number of ketones is 1. The van der Waals surface area contributed by atoms with Crippen molar-refractivity contribution >= 4 is 17.6 Å². The molecule has 1 N–H and O–H groups in total. The number of carbonyl (C=O) groups is 2. The van der Waals surface area contributed by atoms with E-state index in [-0.39, 0.29) is 23.5 Å². The molecule has 23 heavy (non-hydrogen) atoms. The first-order valence-electron chi connectivity index (χ1n) is 7.39. The van der Waals surface area contributed by atoms with Crippen molar-refractivity contribution in [1.82, 2.24) is 10.1 Å². The first-order chi connectivity index (χ1) is 11.1. The number of carbonyl (C=O) groups excluding carboxylic acids is 2. The molecular weight excluding hydrogens is 301 g/mol. The standard InChI is InChI=1S/C16H16FN3O3/c17-13-3-1-11(2-4-13)15(21)12-5-8-20(9-6-12)16(22)18-14-7-10-23-19-14/h1-4,7,10,12H,5-6,8-9H2,(H,18,19,22). The fourth-order valence-electron chi connectivity index (χ4n) is 2.66. The summed E-state index contributed by atoms with van der Waals surface area (Å²) in [5.41, 5.74) is 0.511. The van der Waals surface area contributed by atoms with Crippen molar-refractivity contribution in [2.24, 2.45) is 5.92 Å². The molecule has 0 radical (unpaired) electrons. The fourth-order valence-corrected chi connectivity index (χ4v) is 2.66. The maximum atomic E-state index is 12.9. The lowest BCUT2D eigenvalue weighted by molar-refractivity contribution is 0.0859. The molecule has 1 aromatic carbocycles. The number of nitrogens with one attached hydrogen (secondary N) is 1. The van der Waals surface area contributed by atoms with Crippen LogP contribution in [0.3, 0.4) is 0 Å². The second-order valence-corrected chi connectivity index (χ2v) is 5.45. The molecule has 2 aromatic rings. The van der Waals surface area contributed by atoms with Gasteiger partial charge < -0.3 is 9.42 Å². The summed E-state index contributed by atoms with van der Waals surface area (Å²) in [4.78, 5) is 26.1. The van der Waals surface area contributed by atoms with E-state index in [2.05, 4.69) is 15.0 Å². The molecule has 0 bridgehead atoms. The zero-order valence-electron chi connectivity index (χ0n) is 12.4. The van der Waals surface area contributed by atoms with Crippen LogP contribution in [-0.2, 0) is 0 Å². The number of amides is 2. The Morgan fingerprint density at radius 1 is 1.17 bits per heavy atom. The summed E-state index contributed by atoms with van der Waals surface area (Å²) in [6, 6.07) is 6.87. The Morgan fingerprint density at radius 3 is 2.48 bits per heavy atom. The van der Waals surface area contributed by atoms with Gasteiger partial charge in [-0.3, -0.25) is 10.1 Å². The van der Waals surface area contributed by atoms with Crippen LogP contribution in [0.15, 0.2) is 41.1 Å². The van der Waals surface area contributed by atoms with Crippen molar-refractivity contribution in [3.8, 4) is 0 Å². The Labute approximate surface area is 132 Å². The monoisotopic (exact) mass is 317 g/mol. The minimum atomic E-state index is -0.360. The number of nitrogens with zero attached hydrogens (tertiary/aromatic N) is 2. The van der Waals surface area contributed by atoms with Gasteiger partial charge in [0.2, 0.25) is 0 Å². The molecule has 1 aliphatic heterocycles. The molecule has 1 aliphatic rings. The van der Waals surface area contributed by atoms with E-state index in [1.165, 1.54) is 30.5 Å². The van der Waals surface area contributed by atoms with Crippen molar-refractivity contribution < 1.29 is 18.5 Å². The van der Waals surface area contributed by atoms with Crippen molar-refractivity contribution in [1.29, 1.82) is 0 Å². The molecule has 6 nitrogen and oxygen atoms in total. The van der Waals surface area contributed by atoms with Gasteiger partial charge >= 0.3 is 6.03 Å². The molecule has 0 spiro atoms. The van der Waals surface area contributed by atoms with Crippen molar-refractivity contribution in [3.63, 3.8) is 0 Å². The lowest BCUT2D eigenvalue weighted by Gasteiger charge is -2.31. The molecule has 2 heterocycles. The lowest BCUT2D eigenvalue weighted by Crippen LogP contribution is -2.42. The summed E-state index contributed by atoms with van der Waals surface area (Å²) in [5.74, 6) is -0.140. The zero-order chi connectivity index (χ0) is 16.2. The van der Waals surface area contributed by atoms with Crippen molar-refractivity contribution in [2.45, 2.75) is 12.8 Å². The van der Waals surface area contributed by atoms with Crippen LogP contribution in [-0.4, -0.2) is 35.0 Å². The first kappa shape index (κ1) is 15.2. The van der Waals surface area contributed by atoms with Crippen LogP contribution < -0.4 is 5.32 Å². The minimum absolute atomic E-state index is 0.00144. The van der Waals surface area contributed by atoms with Crippen LogP contribution in [0.2, 0.25) is 0 Å². The average Bonchev–Trinajstić information content (AvgIpc) is 3.08. The van der Waals surface area contributed by atoms with Gasteiger partial charge in [0.25, 0.3) is 0 Å². The third-order valence-corrected chi connectivity index (χ3v) is 3.95. The number of hydrogen-bond donors (Lipinski definition) is 1. The number of piperidine rings is 1. The SMILES string of the molecule is O=C(c1ccc(F)cc1)C1CCN(C(=O)Nc2ccon2)CC1. The van der Waals surface area contributed by atoms with Gasteiger partial charge in [0, 0.05) is 30.6 Å². The smallest absolute Gasteiger partial charge is 0.323 e. The van der Waals surface area contributed by atoms with E-state index in [1.54, 1.807) is 11.0 Å². The second kappa shape index (κ2) is 6.60. The zero-order valence-corrected chi connectivity index (χ0v) is 12.4. The number of halogens is 1. The number of aromatic nitrogens is 1. The highest BCUT2D eigenvalue weighted by Gasteiger charge is 2.28. The number of likely N-dealkylation sites (tertiary alicyclic amines) is 1. The maximum Gasteiger partial charge on any atom is 0.323 e. The van der Waals surface area contributed by atoms with Gasteiger partial charge in [0.1, 0.15) is 12.1 Å². The lowest BCUT2D eigenvalue weighted by atomic mass is 9.89. The van der Waals surface area contributed by atoms with E-state index in [0.29, 0.717) is 37.3 Å². The normalized spacial score (nSPS) is 15.4. The fraction of sp³-hybridized carbons (Fsp3) is 0.312. The summed E-state index contributed by atoms with van der Waals surface area (Å²) in [6.07, 6.45) is 2.55. The maximum absolute atomic E-state index is 12.9. The molecule has 3 rings (SSSR count). The van der Waals surface area contributed by atoms with E-state index in [0.717, 1.165) is 0 Å². The second-order valence-electron chi connectivity index (χ2n) is 5.45. The summed E-state index contributed by atoms with van der Waals surface area (Å²) < 4.78 is 17.6. The Kier molecular flexibility index (Phi) is 4.36. The van der Waals surface area contributed by atoms with Gasteiger partial charge in [-0.1, -0.05) is 5.16 Å². The van der Waals surface area contributed by atoms with Crippen LogP contribution in [0.5, 0.6) is 0 Å². The van der Waals surface area contributed by atoms with Gasteiger partial charge in [-0.15, -0.1) is 0 Å². The Hall–Kier alpha value is -2.70. The Morgan fingerprint density at radius 2 is 1.87 bits per heavy atom. The Balaban J connectivity index is 1.54. The number of urea groups is 1. The molecule has 1 fully saturated rings. The number of hydrogen-bond acceptors (Lipinski definition) is 4. The highest BCUT2D eigenvalue weighted by atomic mass is 19.1. The van der Waals surface area contributed by atoms with Crippen LogP contribution in [0.4, 0.5) is 15.0 Å². The minimum Gasteiger partial charge on any atom is -0.363 e. The van der Waals surface area contributed by atoms with Crippen molar-refractivity contribution in [3.05, 3.63) is 48.0 Å². The molecule has 1 aromatic heterocycles. The summed E-state index contributed by atoms with van der Waals surface area (Å²) >= 11 is 0. The summed E-state index contributed by atoms with van der Waals surface area (Å²) in [5, 5.41) is 6.25. The molecule has 0 saturated carbocycles. The van der Waals surface area contributed by atoms with Gasteiger partial charge in [0.15, 0.2) is 11.6 Å². The predicted molar refractivity (Wildman–Crippen MR) is 80.5 cm³/mol. The molecule has 7 heteroatoms. The molecular formula is C16H16FN3O3. The number of anilines is 1. The average molecular weight is 317 g/mol. The molecule has 120 valence electrons. The van der Waals surface area contributed by atoms with E-state index >= 15 is 0 Å². The third-order valence-electron chi connectivity index (χ3n) is 3.95. The topological polar surface area (TPSA) is 75.4 Å².